The van der Waals surface area contributed by atoms with E-state index >= 15 is 0 Å². The number of ether oxygens (including phenoxy) is 1. The lowest BCUT2D eigenvalue weighted by Gasteiger charge is -2.42. The molecule has 2 heteroatoms. The fourth-order valence-corrected chi connectivity index (χ4v) is 3.69. The number of benzene rings is 1. The van der Waals surface area contributed by atoms with E-state index in [4.69, 9.17) is 4.74 Å². The molecule has 0 heterocycles. The lowest BCUT2D eigenvalue weighted by atomic mass is 9.63. The van der Waals surface area contributed by atoms with E-state index in [1.807, 2.05) is 26.0 Å². The van der Waals surface area contributed by atoms with Crippen LogP contribution in [0.3, 0.4) is 0 Å². The molecule has 0 fully saturated rings. The zero-order chi connectivity index (χ0) is 20.2. The van der Waals surface area contributed by atoms with Gasteiger partial charge in [-0.25, -0.2) is 4.79 Å². The summed E-state index contributed by atoms with van der Waals surface area (Å²) in [6.45, 7) is 15.7. The van der Waals surface area contributed by atoms with Crippen molar-refractivity contribution in [3.05, 3.63) is 64.8 Å². The molecule has 27 heavy (non-hydrogen) atoms. The number of allylic oxidation sites excluding steroid dienone is 5. The first-order valence-corrected chi connectivity index (χ1v) is 9.92. The number of fused-ring (bicyclic) bond motifs is 1. The SMILES string of the molecule is CCOC(=O)C=C(C)C=CC=C(C)c1ccc2c(c1)C(C)(C)CCC2(C)C. The number of hydrogen-bond donors (Lipinski definition) is 0. The van der Waals surface area contributed by atoms with E-state index in [-0.39, 0.29) is 16.8 Å². The van der Waals surface area contributed by atoms with Crippen LogP contribution in [-0.2, 0) is 20.4 Å². The number of carbonyl (C=O) groups excluding carboxylic acids is 1. The molecule has 0 unspecified atom stereocenters. The van der Waals surface area contributed by atoms with E-state index in [0.717, 1.165) is 5.57 Å². The van der Waals surface area contributed by atoms with E-state index in [0.29, 0.717) is 6.61 Å². The Morgan fingerprint density at radius 3 is 2.33 bits per heavy atom. The highest BCUT2D eigenvalue weighted by atomic mass is 16.5. The van der Waals surface area contributed by atoms with Crippen molar-refractivity contribution in [2.24, 2.45) is 0 Å². The van der Waals surface area contributed by atoms with Crippen molar-refractivity contribution in [2.75, 3.05) is 6.61 Å². The predicted molar refractivity (Wildman–Crippen MR) is 115 cm³/mol. The van der Waals surface area contributed by atoms with Crippen LogP contribution in [0.2, 0.25) is 0 Å². The molecule has 0 saturated carbocycles. The first-order chi connectivity index (χ1) is 12.6. The summed E-state index contributed by atoms with van der Waals surface area (Å²) >= 11 is 0. The largest absolute Gasteiger partial charge is 0.463 e. The summed E-state index contributed by atoms with van der Waals surface area (Å²) in [7, 11) is 0. The molecule has 0 aliphatic heterocycles. The average Bonchev–Trinajstić information content (AvgIpc) is 2.59. The minimum Gasteiger partial charge on any atom is -0.463 e. The topological polar surface area (TPSA) is 26.3 Å². The Bertz CT molecular complexity index is 789. The summed E-state index contributed by atoms with van der Waals surface area (Å²) in [5.41, 5.74) is 6.79. The molecule has 0 atom stereocenters. The summed E-state index contributed by atoms with van der Waals surface area (Å²) < 4.78 is 4.93. The van der Waals surface area contributed by atoms with E-state index < -0.39 is 0 Å². The van der Waals surface area contributed by atoms with E-state index in [1.165, 1.54) is 41.2 Å². The van der Waals surface area contributed by atoms with Crippen LogP contribution in [0.15, 0.2) is 48.1 Å². The first-order valence-electron chi connectivity index (χ1n) is 9.92. The molecule has 0 saturated heterocycles. The van der Waals surface area contributed by atoms with Crippen molar-refractivity contribution in [2.45, 2.75) is 72.1 Å². The Labute approximate surface area is 165 Å². The van der Waals surface area contributed by atoms with Crippen LogP contribution in [0, 0.1) is 0 Å². The highest BCUT2D eigenvalue weighted by Crippen LogP contribution is 2.46. The summed E-state index contributed by atoms with van der Waals surface area (Å²) in [4.78, 5) is 11.5. The molecule has 1 aliphatic carbocycles. The highest BCUT2D eigenvalue weighted by Gasteiger charge is 2.36. The Morgan fingerprint density at radius 2 is 1.70 bits per heavy atom. The molecule has 0 aromatic heterocycles. The maximum atomic E-state index is 11.5. The van der Waals surface area contributed by atoms with Gasteiger partial charge in [0.1, 0.15) is 0 Å². The summed E-state index contributed by atoms with van der Waals surface area (Å²) in [6.07, 6.45) is 10.0. The second kappa shape index (κ2) is 8.29. The fourth-order valence-electron chi connectivity index (χ4n) is 3.69. The van der Waals surface area contributed by atoms with Gasteiger partial charge in [0.25, 0.3) is 0 Å². The van der Waals surface area contributed by atoms with Crippen molar-refractivity contribution in [3.63, 3.8) is 0 Å². The average molecular weight is 367 g/mol. The number of carbonyl (C=O) groups is 1. The Kier molecular flexibility index (Phi) is 6.51. The molecule has 0 N–H and O–H groups in total. The maximum Gasteiger partial charge on any atom is 0.330 e. The molecule has 0 radical (unpaired) electrons. The van der Waals surface area contributed by atoms with Gasteiger partial charge >= 0.3 is 5.97 Å². The van der Waals surface area contributed by atoms with Gasteiger partial charge in [0.2, 0.25) is 0 Å². The summed E-state index contributed by atoms with van der Waals surface area (Å²) in [5, 5.41) is 0. The molecular formula is C25H34O2. The van der Waals surface area contributed by atoms with Crippen LogP contribution >= 0.6 is 0 Å². The number of hydrogen-bond acceptors (Lipinski definition) is 2. The third kappa shape index (κ3) is 5.22. The van der Waals surface area contributed by atoms with Crippen LogP contribution in [-0.4, -0.2) is 12.6 Å². The van der Waals surface area contributed by atoms with E-state index in [2.05, 4.69) is 58.9 Å². The zero-order valence-corrected chi connectivity index (χ0v) is 18.0. The normalized spacial score (nSPS) is 19.1. The van der Waals surface area contributed by atoms with Gasteiger partial charge in [-0.15, -0.1) is 0 Å². The van der Waals surface area contributed by atoms with Gasteiger partial charge in [0.05, 0.1) is 6.61 Å². The first kappa shape index (κ1) is 21.2. The van der Waals surface area contributed by atoms with Gasteiger partial charge in [-0.1, -0.05) is 64.1 Å². The van der Waals surface area contributed by atoms with Crippen molar-refractivity contribution in [1.29, 1.82) is 0 Å². The molecule has 146 valence electrons. The summed E-state index contributed by atoms with van der Waals surface area (Å²) in [5.74, 6) is -0.292. The van der Waals surface area contributed by atoms with E-state index in [9.17, 15) is 4.79 Å². The lowest BCUT2D eigenvalue weighted by molar-refractivity contribution is -0.137. The summed E-state index contributed by atoms with van der Waals surface area (Å²) in [6, 6.07) is 6.93. The molecule has 0 amide bonds. The van der Waals surface area contributed by atoms with Crippen LogP contribution < -0.4 is 0 Å². The smallest absolute Gasteiger partial charge is 0.330 e. The quantitative estimate of drug-likeness (QED) is 0.337. The second-order valence-corrected chi connectivity index (χ2v) is 8.88. The zero-order valence-electron chi connectivity index (χ0n) is 18.0. The Hall–Kier alpha value is -2.09. The van der Waals surface area contributed by atoms with Crippen LogP contribution in [0.1, 0.15) is 78.0 Å². The predicted octanol–water partition coefficient (Wildman–Crippen LogP) is 6.50. The van der Waals surface area contributed by atoms with Crippen LogP contribution in [0.4, 0.5) is 0 Å². The van der Waals surface area contributed by atoms with Crippen LogP contribution in [0.5, 0.6) is 0 Å². The molecule has 1 aromatic carbocycles. The Morgan fingerprint density at radius 1 is 1.07 bits per heavy atom. The van der Waals surface area contributed by atoms with Crippen molar-refractivity contribution in [1.82, 2.24) is 0 Å². The third-order valence-electron chi connectivity index (χ3n) is 5.65. The van der Waals surface area contributed by atoms with Gasteiger partial charge in [0, 0.05) is 6.08 Å². The molecular weight excluding hydrogens is 332 g/mol. The van der Waals surface area contributed by atoms with Crippen molar-refractivity contribution >= 4 is 11.5 Å². The molecule has 1 aromatic rings. The Balaban J connectivity index is 2.25. The molecule has 2 rings (SSSR count). The van der Waals surface area contributed by atoms with Gasteiger partial charge < -0.3 is 4.74 Å². The molecule has 2 nitrogen and oxygen atoms in total. The second-order valence-electron chi connectivity index (χ2n) is 8.88. The molecule has 0 spiro atoms. The van der Waals surface area contributed by atoms with Crippen molar-refractivity contribution < 1.29 is 9.53 Å². The standard InChI is InChI=1S/C25H34O2/c1-8-27-23(26)16-18(2)10-9-11-19(3)20-12-13-21-22(17-20)25(6,7)15-14-24(21,4)5/h9-13,16-17H,8,14-15H2,1-7H3. The third-order valence-corrected chi connectivity index (χ3v) is 5.65. The van der Waals surface area contributed by atoms with Crippen molar-refractivity contribution in [3.8, 4) is 0 Å². The molecule has 0 bridgehead atoms. The van der Waals surface area contributed by atoms with Gasteiger partial charge in [-0.2, -0.15) is 0 Å². The van der Waals surface area contributed by atoms with E-state index in [1.54, 1.807) is 0 Å². The van der Waals surface area contributed by atoms with Crippen LogP contribution in [0.25, 0.3) is 5.57 Å². The maximum absolute atomic E-state index is 11.5. The van der Waals surface area contributed by atoms with Gasteiger partial charge in [0.15, 0.2) is 0 Å². The fraction of sp³-hybridized carbons (Fsp3) is 0.480. The minimum atomic E-state index is -0.292. The monoisotopic (exact) mass is 366 g/mol. The van der Waals surface area contributed by atoms with Gasteiger partial charge in [-0.3, -0.25) is 0 Å². The number of rotatable bonds is 5. The molecule has 1 aliphatic rings. The highest BCUT2D eigenvalue weighted by molar-refractivity contribution is 5.83. The minimum absolute atomic E-state index is 0.218. The van der Waals surface area contributed by atoms with Gasteiger partial charge in [-0.05, 0) is 72.3 Å². The number of esters is 1. The lowest BCUT2D eigenvalue weighted by Crippen LogP contribution is -2.33.